The minimum absolute atomic E-state index is 0.273. The first kappa shape index (κ1) is 24.7. The van der Waals surface area contributed by atoms with E-state index in [1.807, 2.05) is 6.07 Å². The Hall–Kier alpha value is -3.44. The first-order chi connectivity index (χ1) is 16.6. The van der Waals surface area contributed by atoms with Crippen LogP contribution in [0.2, 0.25) is 0 Å². The van der Waals surface area contributed by atoms with Crippen molar-refractivity contribution in [3.63, 3.8) is 0 Å². The number of aryl methyl sites for hydroxylation is 3. The molecule has 35 heavy (non-hydrogen) atoms. The van der Waals surface area contributed by atoms with E-state index in [1.54, 1.807) is 93.6 Å². The lowest BCUT2D eigenvalue weighted by atomic mass is 9.52. The Morgan fingerprint density at radius 1 is 0.686 bits per heavy atom. The van der Waals surface area contributed by atoms with Gasteiger partial charge in [0.25, 0.3) is 0 Å². The van der Waals surface area contributed by atoms with E-state index in [9.17, 15) is 20.1 Å². The van der Waals surface area contributed by atoms with Crippen molar-refractivity contribution in [2.45, 2.75) is 35.9 Å². The molecule has 4 nitrogen and oxygen atoms in total. The van der Waals surface area contributed by atoms with Crippen LogP contribution in [0.1, 0.15) is 33.4 Å². The van der Waals surface area contributed by atoms with Crippen LogP contribution in [0.25, 0.3) is 0 Å². The van der Waals surface area contributed by atoms with E-state index in [0.717, 1.165) is 0 Å². The van der Waals surface area contributed by atoms with Gasteiger partial charge in [0.2, 0.25) is 0 Å². The molecule has 174 valence electrons. The van der Waals surface area contributed by atoms with Crippen molar-refractivity contribution >= 4 is 34.8 Å². The average Bonchev–Trinajstić information content (AvgIpc) is 2.86. The first-order valence-corrected chi connectivity index (χ1v) is 11.8. The van der Waals surface area contributed by atoms with Crippen LogP contribution in [-0.2, 0) is 24.8 Å². The van der Waals surface area contributed by atoms with Gasteiger partial charge in [-0.3, -0.25) is 9.59 Å². The molecule has 1 aliphatic carbocycles. The van der Waals surface area contributed by atoms with Crippen molar-refractivity contribution in [3.05, 3.63) is 106 Å². The number of Topliss-reactive ketones (excluding diaryl/α,β-unsaturated/α-hetero) is 2. The topological polar surface area (TPSA) is 81.7 Å². The van der Waals surface area contributed by atoms with E-state index < -0.39 is 32.6 Å². The summed E-state index contributed by atoms with van der Waals surface area (Å²) in [6, 6.07) is 24.6. The third-order valence-corrected chi connectivity index (χ3v) is 8.52. The molecular formula is C29H22Cl2N2O2. The summed E-state index contributed by atoms with van der Waals surface area (Å²) >= 11 is 14.7. The smallest absolute Gasteiger partial charge is 0.187 e. The zero-order valence-corrected chi connectivity index (χ0v) is 21.0. The number of hydrogen-bond donors (Lipinski definition) is 0. The molecule has 0 amide bonds. The van der Waals surface area contributed by atoms with E-state index in [4.69, 9.17) is 23.2 Å². The Bertz CT molecular complexity index is 1450. The quantitative estimate of drug-likeness (QED) is 0.417. The van der Waals surface area contributed by atoms with Gasteiger partial charge in [-0.25, -0.2) is 0 Å². The molecule has 4 unspecified atom stereocenters. The maximum atomic E-state index is 14.8. The number of rotatable bonds is 3. The lowest BCUT2D eigenvalue weighted by Gasteiger charge is -2.51. The summed E-state index contributed by atoms with van der Waals surface area (Å²) in [6.07, 6.45) is 0. The van der Waals surface area contributed by atoms with Crippen molar-refractivity contribution in [2.75, 3.05) is 0 Å². The number of nitrogens with zero attached hydrogens (tertiary/aromatic N) is 2. The largest absolute Gasteiger partial charge is 0.296 e. The Kier molecular flexibility index (Phi) is 6.10. The molecule has 3 aromatic carbocycles. The van der Waals surface area contributed by atoms with Gasteiger partial charge < -0.3 is 0 Å². The van der Waals surface area contributed by atoms with Gasteiger partial charge in [0.15, 0.2) is 26.7 Å². The van der Waals surface area contributed by atoms with Gasteiger partial charge in [-0.2, -0.15) is 10.5 Å². The number of ketones is 2. The molecule has 1 fully saturated rings. The van der Waals surface area contributed by atoms with Crippen molar-refractivity contribution in [2.24, 2.45) is 5.92 Å². The maximum Gasteiger partial charge on any atom is 0.187 e. The van der Waals surface area contributed by atoms with Crippen LogP contribution < -0.4 is 0 Å². The fourth-order valence-electron chi connectivity index (χ4n) is 5.29. The maximum absolute atomic E-state index is 14.8. The predicted octanol–water partition coefficient (Wildman–Crippen LogP) is 5.93. The minimum atomic E-state index is -2.17. The lowest BCUT2D eigenvalue weighted by Crippen LogP contribution is -2.68. The zero-order valence-electron chi connectivity index (χ0n) is 19.5. The standard InChI is InChI=1S/C29H22Cl2N2O2/c1-18-10-4-7-13-21(18)27(17-33)24(16-32)25(34)28(30,22-14-8-5-11-19(22)2)29(31,26(27)35)23-15-9-6-12-20(23)3/h4-15,24H,1-3H3. The Morgan fingerprint density at radius 2 is 1.09 bits per heavy atom. The van der Waals surface area contributed by atoms with Crippen LogP contribution in [-0.4, -0.2) is 11.6 Å². The second kappa shape index (κ2) is 8.65. The Labute approximate surface area is 214 Å². The van der Waals surface area contributed by atoms with E-state index in [-0.39, 0.29) is 5.56 Å². The number of nitriles is 2. The highest BCUT2D eigenvalue weighted by Crippen LogP contribution is 2.62. The molecule has 0 radical (unpaired) electrons. The third-order valence-electron chi connectivity index (χ3n) is 7.09. The minimum Gasteiger partial charge on any atom is -0.296 e. The van der Waals surface area contributed by atoms with Crippen LogP contribution in [0, 0.1) is 49.4 Å². The van der Waals surface area contributed by atoms with E-state index >= 15 is 0 Å². The van der Waals surface area contributed by atoms with Gasteiger partial charge in [-0.05, 0) is 54.2 Å². The van der Waals surface area contributed by atoms with Gasteiger partial charge in [-0.15, -0.1) is 23.2 Å². The summed E-state index contributed by atoms with van der Waals surface area (Å²) in [6.45, 7) is 5.26. The third kappa shape index (κ3) is 3.11. The molecule has 0 aliphatic heterocycles. The Morgan fingerprint density at radius 3 is 1.49 bits per heavy atom. The van der Waals surface area contributed by atoms with Gasteiger partial charge >= 0.3 is 0 Å². The van der Waals surface area contributed by atoms with Crippen molar-refractivity contribution in [3.8, 4) is 12.1 Å². The Balaban J connectivity index is 2.21. The predicted molar refractivity (Wildman–Crippen MR) is 135 cm³/mol. The number of carbonyl (C=O) groups is 2. The van der Waals surface area contributed by atoms with Crippen LogP contribution in [0.3, 0.4) is 0 Å². The van der Waals surface area contributed by atoms with E-state index in [0.29, 0.717) is 27.8 Å². The van der Waals surface area contributed by atoms with Gasteiger partial charge in [0.1, 0.15) is 5.92 Å². The summed E-state index contributed by atoms with van der Waals surface area (Å²) in [7, 11) is 0. The summed E-state index contributed by atoms with van der Waals surface area (Å²) in [5.74, 6) is -3.24. The number of benzene rings is 3. The zero-order chi connectivity index (χ0) is 25.6. The second-order valence-corrected chi connectivity index (χ2v) is 10.1. The SMILES string of the molecule is Cc1ccccc1C1(C#N)C(=O)C(Cl)(c2ccccc2C)C(Cl)(c2ccccc2C)C(=O)C1C#N. The molecule has 6 heteroatoms. The molecule has 0 bridgehead atoms. The molecule has 0 spiro atoms. The van der Waals surface area contributed by atoms with Gasteiger partial charge in [0, 0.05) is 0 Å². The second-order valence-electron chi connectivity index (χ2n) is 8.94. The molecule has 0 saturated heterocycles. The molecule has 4 atom stereocenters. The molecule has 4 rings (SSSR count). The molecule has 1 aliphatic rings. The molecule has 0 heterocycles. The number of carbonyl (C=O) groups excluding carboxylic acids is 2. The van der Waals surface area contributed by atoms with Crippen LogP contribution >= 0.6 is 23.2 Å². The summed E-state index contributed by atoms with van der Waals surface area (Å²) in [5, 5.41) is 20.8. The highest BCUT2D eigenvalue weighted by Gasteiger charge is 2.75. The van der Waals surface area contributed by atoms with Crippen LogP contribution in [0.4, 0.5) is 0 Å². The van der Waals surface area contributed by atoms with Crippen LogP contribution in [0.15, 0.2) is 72.8 Å². The molecule has 0 aromatic heterocycles. The highest BCUT2D eigenvalue weighted by atomic mass is 35.5. The number of hydrogen-bond acceptors (Lipinski definition) is 4. The lowest BCUT2D eigenvalue weighted by molar-refractivity contribution is -0.142. The van der Waals surface area contributed by atoms with Crippen molar-refractivity contribution in [1.82, 2.24) is 0 Å². The molecule has 3 aromatic rings. The van der Waals surface area contributed by atoms with E-state index in [2.05, 4.69) is 6.07 Å². The monoisotopic (exact) mass is 500 g/mol. The molecule has 0 N–H and O–H groups in total. The normalized spacial score (nSPS) is 28.3. The van der Waals surface area contributed by atoms with Crippen molar-refractivity contribution in [1.29, 1.82) is 10.5 Å². The summed E-state index contributed by atoms with van der Waals surface area (Å²) in [5.41, 5.74) is 0.639. The van der Waals surface area contributed by atoms with Crippen molar-refractivity contribution < 1.29 is 9.59 Å². The fraction of sp³-hybridized carbons (Fsp3) is 0.241. The number of halogens is 2. The van der Waals surface area contributed by atoms with Crippen LogP contribution in [0.5, 0.6) is 0 Å². The summed E-state index contributed by atoms with van der Waals surface area (Å²) < 4.78 is 0. The molecular weight excluding hydrogens is 479 g/mol. The fourth-order valence-corrected chi connectivity index (χ4v) is 6.36. The number of alkyl halides is 2. The summed E-state index contributed by atoms with van der Waals surface area (Å²) in [4.78, 5) is 24.9. The van der Waals surface area contributed by atoms with Gasteiger partial charge in [0.05, 0.1) is 12.1 Å². The average molecular weight is 501 g/mol. The first-order valence-electron chi connectivity index (χ1n) is 11.1. The van der Waals surface area contributed by atoms with E-state index in [1.165, 1.54) is 0 Å². The highest BCUT2D eigenvalue weighted by molar-refractivity contribution is 6.51. The molecule has 1 saturated carbocycles. The van der Waals surface area contributed by atoms with Gasteiger partial charge in [-0.1, -0.05) is 72.8 Å².